The zero-order chi connectivity index (χ0) is 19.6. The SMILES string of the molecule is CC1(C)OC(=O)/C(=C/C(=O)N(Cc2ccc(F)cc2)c2ccc(Cl)cc2)O1. The molecular formula is C20H17ClFNO4. The van der Waals surface area contributed by atoms with E-state index < -0.39 is 17.7 Å². The molecule has 0 bridgehead atoms. The molecule has 1 saturated heterocycles. The van der Waals surface area contributed by atoms with E-state index in [-0.39, 0.29) is 18.1 Å². The van der Waals surface area contributed by atoms with Crippen LogP contribution < -0.4 is 4.90 Å². The lowest BCUT2D eigenvalue weighted by molar-refractivity contribution is -0.159. The zero-order valence-electron chi connectivity index (χ0n) is 14.7. The first-order valence-electron chi connectivity index (χ1n) is 8.19. The van der Waals surface area contributed by atoms with Gasteiger partial charge in [-0.15, -0.1) is 0 Å². The summed E-state index contributed by atoms with van der Waals surface area (Å²) in [6.45, 7) is 3.32. The van der Waals surface area contributed by atoms with Gasteiger partial charge in [-0.2, -0.15) is 0 Å². The summed E-state index contributed by atoms with van der Waals surface area (Å²) in [5.74, 6) is -2.83. The van der Waals surface area contributed by atoms with Gasteiger partial charge in [0, 0.05) is 24.6 Å². The fourth-order valence-corrected chi connectivity index (χ4v) is 2.70. The van der Waals surface area contributed by atoms with Gasteiger partial charge < -0.3 is 14.4 Å². The summed E-state index contributed by atoms with van der Waals surface area (Å²) in [6, 6.07) is 12.5. The molecule has 0 atom stereocenters. The molecule has 7 heteroatoms. The molecule has 2 aromatic carbocycles. The standard InChI is InChI=1S/C20H17ClFNO4/c1-20(2)26-17(19(25)27-20)11-18(24)23(16-9-5-14(21)6-10-16)12-13-3-7-15(22)8-4-13/h3-11H,12H2,1-2H3/b17-11-. The summed E-state index contributed by atoms with van der Waals surface area (Å²) in [5, 5.41) is 0.524. The number of rotatable bonds is 4. The number of nitrogens with zero attached hydrogens (tertiary/aromatic N) is 1. The largest absolute Gasteiger partial charge is 0.445 e. The van der Waals surface area contributed by atoms with Crippen molar-refractivity contribution in [2.75, 3.05) is 4.90 Å². The van der Waals surface area contributed by atoms with Gasteiger partial charge in [0.1, 0.15) is 5.82 Å². The van der Waals surface area contributed by atoms with Crippen LogP contribution in [0.5, 0.6) is 0 Å². The molecule has 3 rings (SSSR count). The number of amides is 1. The second-order valence-electron chi connectivity index (χ2n) is 6.43. The van der Waals surface area contributed by atoms with Crippen molar-refractivity contribution in [1.82, 2.24) is 0 Å². The lowest BCUT2D eigenvalue weighted by Crippen LogP contribution is -2.29. The highest BCUT2D eigenvalue weighted by Crippen LogP contribution is 2.27. The highest BCUT2D eigenvalue weighted by atomic mass is 35.5. The van der Waals surface area contributed by atoms with Gasteiger partial charge in [-0.05, 0) is 42.0 Å². The number of esters is 1. The third-order valence-corrected chi connectivity index (χ3v) is 4.06. The van der Waals surface area contributed by atoms with Crippen LogP contribution >= 0.6 is 11.6 Å². The second-order valence-corrected chi connectivity index (χ2v) is 6.86. The number of benzene rings is 2. The van der Waals surface area contributed by atoms with Gasteiger partial charge in [0.05, 0.1) is 12.6 Å². The Hall–Kier alpha value is -2.86. The van der Waals surface area contributed by atoms with Gasteiger partial charge in [-0.25, -0.2) is 9.18 Å². The summed E-state index contributed by atoms with van der Waals surface area (Å²) in [7, 11) is 0. The van der Waals surface area contributed by atoms with Crippen molar-refractivity contribution in [3.05, 3.63) is 76.8 Å². The van der Waals surface area contributed by atoms with E-state index in [0.29, 0.717) is 16.3 Å². The van der Waals surface area contributed by atoms with Gasteiger partial charge in [-0.3, -0.25) is 4.79 Å². The number of carbonyl (C=O) groups excluding carboxylic acids is 2. The number of anilines is 1. The maximum absolute atomic E-state index is 13.2. The molecule has 1 aliphatic heterocycles. The summed E-state index contributed by atoms with van der Waals surface area (Å²) in [6.07, 6.45) is 1.09. The number of carbonyl (C=O) groups is 2. The maximum Gasteiger partial charge on any atom is 0.377 e. The van der Waals surface area contributed by atoms with E-state index in [9.17, 15) is 14.0 Å². The lowest BCUT2D eigenvalue weighted by Gasteiger charge is -2.22. The van der Waals surface area contributed by atoms with E-state index in [1.165, 1.54) is 17.0 Å². The van der Waals surface area contributed by atoms with Crippen LogP contribution in [0.2, 0.25) is 5.02 Å². The van der Waals surface area contributed by atoms with Crippen molar-refractivity contribution in [1.29, 1.82) is 0 Å². The topological polar surface area (TPSA) is 55.8 Å². The molecule has 1 aliphatic rings. The molecule has 0 aromatic heterocycles. The van der Waals surface area contributed by atoms with Crippen molar-refractivity contribution in [3.63, 3.8) is 0 Å². The quantitative estimate of drug-likeness (QED) is 0.580. The molecular weight excluding hydrogens is 373 g/mol. The molecule has 1 fully saturated rings. The van der Waals surface area contributed by atoms with E-state index in [1.54, 1.807) is 50.2 Å². The molecule has 0 N–H and O–H groups in total. The number of halogens is 2. The molecule has 140 valence electrons. The fourth-order valence-electron chi connectivity index (χ4n) is 2.57. The van der Waals surface area contributed by atoms with E-state index in [1.807, 2.05) is 0 Å². The third-order valence-electron chi connectivity index (χ3n) is 3.81. The summed E-state index contributed by atoms with van der Waals surface area (Å²) in [4.78, 5) is 26.2. The van der Waals surface area contributed by atoms with Crippen molar-refractivity contribution in [2.24, 2.45) is 0 Å². The van der Waals surface area contributed by atoms with Gasteiger partial charge in [0.25, 0.3) is 5.91 Å². The highest BCUT2D eigenvalue weighted by Gasteiger charge is 2.38. The maximum atomic E-state index is 13.2. The first-order valence-corrected chi connectivity index (χ1v) is 8.57. The predicted molar refractivity (Wildman–Crippen MR) is 98.4 cm³/mol. The Kier molecular flexibility index (Phi) is 5.19. The van der Waals surface area contributed by atoms with Crippen LogP contribution in [0.4, 0.5) is 10.1 Å². The lowest BCUT2D eigenvalue weighted by atomic mass is 10.2. The Balaban J connectivity index is 1.91. The smallest absolute Gasteiger partial charge is 0.377 e. The van der Waals surface area contributed by atoms with E-state index in [0.717, 1.165) is 6.08 Å². The van der Waals surface area contributed by atoms with Crippen molar-refractivity contribution in [3.8, 4) is 0 Å². The molecule has 1 heterocycles. The normalized spacial score (nSPS) is 16.7. The van der Waals surface area contributed by atoms with Crippen molar-refractivity contribution < 1.29 is 23.5 Å². The summed E-state index contributed by atoms with van der Waals surface area (Å²) < 4.78 is 23.6. The number of ether oxygens (including phenoxy) is 2. The molecule has 0 unspecified atom stereocenters. The van der Waals surface area contributed by atoms with Crippen LogP contribution in [0.15, 0.2) is 60.4 Å². The Labute approximate surface area is 160 Å². The van der Waals surface area contributed by atoms with Crippen molar-refractivity contribution >= 4 is 29.2 Å². The van der Waals surface area contributed by atoms with Gasteiger partial charge in [-0.1, -0.05) is 23.7 Å². The van der Waals surface area contributed by atoms with Gasteiger partial charge >= 0.3 is 5.97 Å². The molecule has 27 heavy (non-hydrogen) atoms. The number of hydrogen-bond acceptors (Lipinski definition) is 4. The highest BCUT2D eigenvalue weighted by molar-refractivity contribution is 6.30. The molecule has 0 aliphatic carbocycles. The molecule has 0 spiro atoms. The monoisotopic (exact) mass is 389 g/mol. The van der Waals surface area contributed by atoms with Gasteiger partial charge in [0.15, 0.2) is 0 Å². The van der Waals surface area contributed by atoms with E-state index in [2.05, 4.69) is 0 Å². The van der Waals surface area contributed by atoms with Gasteiger partial charge in [0.2, 0.25) is 11.5 Å². The average Bonchev–Trinajstić information content (AvgIpc) is 2.87. The summed E-state index contributed by atoms with van der Waals surface area (Å²) >= 11 is 5.92. The Bertz CT molecular complexity index is 891. The molecule has 2 aromatic rings. The summed E-state index contributed by atoms with van der Waals surface area (Å²) in [5.41, 5.74) is 1.28. The predicted octanol–water partition coefficient (Wildman–Crippen LogP) is 4.21. The van der Waals surface area contributed by atoms with Crippen LogP contribution in [0.25, 0.3) is 0 Å². The Morgan fingerprint density at radius 1 is 1.11 bits per heavy atom. The Morgan fingerprint density at radius 2 is 1.74 bits per heavy atom. The Morgan fingerprint density at radius 3 is 2.30 bits per heavy atom. The number of hydrogen-bond donors (Lipinski definition) is 0. The van der Waals surface area contributed by atoms with Crippen LogP contribution in [-0.2, 0) is 25.6 Å². The molecule has 0 saturated carbocycles. The molecule has 1 amide bonds. The van der Waals surface area contributed by atoms with Crippen molar-refractivity contribution in [2.45, 2.75) is 26.2 Å². The van der Waals surface area contributed by atoms with Crippen LogP contribution in [0.3, 0.4) is 0 Å². The second kappa shape index (κ2) is 7.40. The fraction of sp³-hybridized carbons (Fsp3) is 0.200. The number of cyclic esters (lactones) is 1. The van der Waals surface area contributed by atoms with E-state index in [4.69, 9.17) is 21.1 Å². The minimum atomic E-state index is -1.12. The average molecular weight is 390 g/mol. The van der Waals surface area contributed by atoms with Crippen LogP contribution in [-0.4, -0.2) is 17.7 Å². The molecule has 5 nitrogen and oxygen atoms in total. The first-order chi connectivity index (χ1) is 12.7. The first kappa shape index (κ1) is 18.9. The van der Waals surface area contributed by atoms with Crippen LogP contribution in [0, 0.1) is 5.82 Å². The minimum Gasteiger partial charge on any atom is -0.445 e. The van der Waals surface area contributed by atoms with Crippen LogP contribution in [0.1, 0.15) is 19.4 Å². The van der Waals surface area contributed by atoms with E-state index >= 15 is 0 Å². The third kappa shape index (κ3) is 4.65. The minimum absolute atomic E-state index is 0.164. The molecule has 0 radical (unpaired) electrons. The zero-order valence-corrected chi connectivity index (χ0v) is 15.5.